The molecule has 0 bridgehead atoms. The van der Waals surface area contributed by atoms with E-state index in [4.69, 9.17) is 4.74 Å². The molecule has 1 aliphatic heterocycles. The van der Waals surface area contributed by atoms with Crippen molar-refractivity contribution in [2.45, 2.75) is 12.8 Å². The average Bonchev–Trinajstić information content (AvgIpc) is 3.08. The number of allylic oxidation sites excluding steroid dienone is 1. The third kappa shape index (κ3) is 3.23. The summed E-state index contributed by atoms with van der Waals surface area (Å²) in [6.07, 6.45) is 6.93. The first kappa shape index (κ1) is 14.5. The van der Waals surface area contributed by atoms with Crippen molar-refractivity contribution < 1.29 is 14.6 Å². The van der Waals surface area contributed by atoms with Crippen LogP contribution in [0, 0.1) is 5.92 Å². The van der Waals surface area contributed by atoms with E-state index < -0.39 is 5.97 Å². The van der Waals surface area contributed by atoms with Crippen molar-refractivity contribution in [3.05, 3.63) is 48.3 Å². The Kier molecular flexibility index (Phi) is 4.29. The van der Waals surface area contributed by atoms with Gasteiger partial charge >= 0.3 is 5.97 Å². The Labute approximate surface area is 128 Å². The molecule has 2 heterocycles. The number of ether oxygens (including phenoxy) is 1. The summed E-state index contributed by atoms with van der Waals surface area (Å²) < 4.78 is 6.94. The zero-order valence-electron chi connectivity index (χ0n) is 12.1. The highest BCUT2D eigenvalue weighted by atomic mass is 16.5. The van der Waals surface area contributed by atoms with Crippen molar-refractivity contribution in [2.24, 2.45) is 5.92 Å². The van der Waals surface area contributed by atoms with Gasteiger partial charge in [-0.05, 0) is 36.5 Å². The maximum atomic E-state index is 11.6. The third-order valence-electron chi connectivity index (χ3n) is 3.76. The zero-order valence-corrected chi connectivity index (χ0v) is 12.1. The van der Waals surface area contributed by atoms with Crippen molar-refractivity contribution in [2.75, 3.05) is 13.2 Å². The van der Waals surface area contributed by atoms with E-state index in [1.54, 1.807) is 29.2 Å². The summed E-state index contributed by atoms with van der Waals surface area (Å²) in [6, 6.07) is 7.28. The van der Waals surface area contributed by atoms with E-state index in [1.807, 2.05) is 18.2 Å². The Balaban J connectivity index is 1.85. The van der Waals surface area contributed by atoms with Crippen LogP contribution in [-0.2, 0) is 9.53 Å². The van der Waals surface area contributed by atoms with E-state index in [2.05, 4.69) is 10.3 Å². The number of hydrogen-bond acceptors (Lipinski definition) is 4. The van der Waals surface area contributed by atoms with Crippen molar-refractivity contribution in [3.63, 3.8) is 0 Å². The van der Waals surface area contributed by atoms with E-state index in [-0.39, 0.29) is 5.92 Å². The molecule has 1 fully saturated rings. The van der Waals surface area contributed by atoms with E-state index in [0.29, 0.717) is 24.4 Å². The predicted molar refractivity (Wildman–Crippen MR) is 80.5 cm³/mol. The molecule has 22 heavy (non-hydrogen) atoms. The van der Waals surface area contributed by atoms with Gasteiger partial charge in [-0.3, -0.25) is 0 Å². The highest BCUT2D eigenvalue weighted by Crippen LogP contribution is 2.24. The maximum absolute atomic E-state index is 11.6. The van der Waals surface area contributed by atoms with Gasteiger partial charge in [0.2, 0.25) is 0 Å². The van der Waals surface area contributed by atoms with Gasteiger partial charge in [-0.1, -0.05) is 23.4 Å². The van der Waals surface area contributed by atoms with Crippen LogP contribution in [0.3, 0.4) is 0 Å². The number of carboxylic acid groups (broad SMARTS) is 1. The molecule has 0 radical (unpaired) electrons. The van der Waals surface area contributed by atoms with Gasteiger partial charge in [0.15, 0.2) is 0 Å². The fraction of sp³-hybridized carbons (Fsp3) is 0.312. The highest BCUT2D eigenvalue weighted by Gasteiger charge is 2.17. The summed E-state index contributed by atoms with van der Waals surface area (Å²) in [6.45, 7) is 1.39. The number of aliphatic carboxylic acids is 1. The summed E-state index contributed by atoms with van der Waals surface area (Å²) in [4.78, 5) is 11.6. The molecule has 0 unspecified atom stereocenters. The molecule has 2 aromatic rings. The summed E-state index contributed by atoms with van der Waals surface area (Å²) in [5, 5.41) is 17.2. The first-order valence-corrected chi connectivity index (χ1v) is 7.24. The predicted octanol–water partition coefficient (Wildman–Crippen LogP) is 2.16. The molecular formula is C16H17N3O3. The molecule has 1 N–H and O–H groups in total. The van der Waals surface area contributed by atoms with Gasteiger partial charge in [-0.25, -0.2) is 9.48 Å². The quantitative estimate of drug-likeness (QED) is 0.875. The van der Waals surface area contributed by atoms with Crippen LogP contribution in [0.2, 0.25) is 0 Å². The second kappa shape index (κ2) is 6.53. The molecular weight excluding hydrogens is 282 g/mol. The largest absolute Gasteiger partial charge is 0.478 e. The molecule has 6 heteroatoms. The molecule has 3 rings (SSSR count). The standard InChI is InChI=1S/C16H17N3O3/c20-16(21)15(11-12-5-9-22-10-6-12)13-1-3-14(4-2-13)19-8-7-17-18-19/h1-4,7-8,11-12H,5-6,9-10H2,(H,20,21). The van der Waals surface area contributed by atoms with Gasteiger partial charge in [-0.15, -0.1) is 5.10 Å². The van der Waals surface area contributed by atoms with Crippen LogP contribution < -0.4 is 0 Å². The molecule has 0 aliphatic carbocycles. The smallest absolute Gasteiger partial charge is 0.335 e. The number of carbonyl (C=O) groups is 1. The molecule has 1 aliphatic rings. The monoisotopic (exact) mass is 299 g/mol. The number of nitrogens with zero attached hydrogens (tertiary/aromatic N) is 3. The average molecular weight is 299 g/mol. The number of hydrogen-bond donors (Lipinski definition) is 1. The minimum absolute atomic E-state index is 0.259. The summed E-state index contributed by atoms with van der Waals surface area (Å²) in [5.41, 5.74) is 1.89. The van der Waals surface area contributed by atoms with Crippen LogP contribution in [0.15, 0.2) is 42.7 Å². The molecule has 0 atom stereocenters. The molecule has 1 saturated heterocycles. The Bertz CT molecular complexity index is 656. The topological polar surface area (TPSA) is 77.2 Å². The van der Waals surface area contributed by atoms with E-state index in [1.165, 1.54) is 0 Å². The Morgan fingerprint density at radius 3 is 2.59 bits per heavy atom. The summed E-state index contributed by atoms with van der Waals surface area (Å²) in [7, 11) is 0. The van der Waals surface area contributed by atoms with Crippen LogP contribution in [0.25, 0.3) is 11.3 Å². The second-order valence-corrected chi connectivity index (χ2v) is 5.23. The van der Waals surface area contributed by atoms with Crippen LogP contribution in [-0.4, -0.2) is 39.3 Å². The van der Waals surface area contributed by atoms with Crippen LogP contribution in [0.5, 0.6) is 0 Å². The second-order valence-electron chi connectivity index (χ2n) is 5.23. The van der Waals surface area contributed by atoms with E-state index >= 15 is 0 Å². The molecule has 6 nitrogen and oxygen atoms in total. The van der Waals surface area contributed by atoms with Gasteiger partial charge in [-0.2, -0.15) is 0 Å². The molecule has 1 aromatic carbocycles. The SMILES string of the molecule is O=C(O)C(=CC1CCOCC1)c1ccc(-n2ccnn2)cc1. The molecule has 0 spiro atoms. The summed E-state index contributed by atoms with van der Waals surface area (Å²) >= 11 is 0. The Morgan fingerprint density at radius 2 is 2.00 bits per heavy atom. The van der Waals surface area contributed by atoms with Gasteiger partial charge in [0.25, 0.3) is 0 Å². The zero-order chi connectivity index (χ0) is 15.4. The van der Waals surface area contributed by atoms with Crippen molar-refractivity contribution in [1.82, 2.24) is 15.0 Å². The first-order chi connectivity index (χ1) is 10.7. The molecule has 0 saturated carbocycles. The third-order valence-corrected chi connectivity index (χ3v) is 3.76. The fourth-order valence-electron chi connectivity index (χ4n) is 2.55. The number of benzene rings is 1. The van der Waals surface area contributed by atoms with Crippen molar-refractivity contribution in [1.29, 1.82) is 0 Å². The lowest BCUT2D eigenvalue weighted by Gasteiger charge is -2.19. The number of carboxylic acids is 1. The van der Waals surface area contributed by atoms with E-state index in [0.717, 1.165) is 18.5 Å². The fourth-order valence-corrected chi connectivity index (χ4v) is 2.55. The van der Waals surface area contributed by atoms with Gasteiger partial charge in [0.05, 0.1) is 23.7 Å². The number of rotatable bonds is 4. The lowest BCUT2D eigenvalue weighted by atomic mass is 9.94. The first-order valence-electron chi connectivity index (χ1n) is 7.24. The number of aromatic nitrogens is 3. The van der Waals surface area contributed by atoms with Gasteiger partial charge in [0.1, 0.15) is 0 Å². The van der Waals surface area contributed by atoms with Crippen LogP contribution >= 0.6 is 0 Å². The van der Waals surface area contributed by atoms with Gasteiger partial charge < -0.3 is 9.84 Å². The molecule has 0 amide bonds. The van der Waals surface area contributed by atoms with Crippen molar-refractivity contribution >= 4 is 11.5 Å². The Hall–Kier alpha value is -2.47. The maximum Gasteiger partial charge on any atom is 0.335 e. The lowest BCUT2D eigenvalue weighted by Crippen LogP contribution is -2.15. The van der Waals surface area contributed by atoms with Crippen LogP contribution in [0.1, 0.15) is 18.4 Å². The normalized spacial score (nSPS) is 16.6. The molecule has 1 aromatic heterocycles. The summed E-state index contributed by atoms with van der Waals surface area (Å²) in [5.74, 6) is -0.644. The Morgan fingerprint density at radius 1 is 1.27 bits per heavy atom. The lowest BCUT2D eigenvalue weighted by molar-refractivity contribution is -0.130. The van der Waals surface area contributed by atoms with Gasteiger partial charge in [0, 0.05) is 13.2 Å². The van der Waals surface area contributed by atoms with Crippen LogP contribution in [0.4, 0.5) is 0 Å². The minimum Gasteiger partial charge on any atom is -0.478 e. The molecule has 114 valence electrons. The van der Waals surface area contributed by atoms with E-state index in [9.17, 15) is 9.90 Å². The highest BCUT2D eigenvalue weighted by molar-refractivity contribution is 6.15. The van der Waals surface area contributed by atoms with Crippen molar-refractivity contribution in [3.8, 4) is 5.69 Å². The minimum atomic E-state index is -0.903.